The fourth-order valence-electron chi connectivity index (χ4n) is 2.09. The van der Waals surface area contributed by atoms with Gasteiger partial charge in [-0.15, -0.1) is 0 Å². The smallest absolute Gasteiger partial charge is 0.242 e. The first-order valence-corrected chi connectivity index (χ1v) is 8.29. The van der Waals surface area contributed by atoms with Gasteiger partial charge in [0.25, 0.3) is 0 Å². The van der Waals surface area contributed by atoms with E-state index in [1.807, 2.05) is 52.0 Å². The van der Waals surface area contributed by atoms with Gasteiger partial charge >= 0.3 is 0 Å². The van der Waals surface area contributed by atoms with Crippen molar-refractivity contribution >= 4 is 27.7 Å². The molecular formula is C17H25BrN2O2. The van der Waals surface area contributed by atoms with Crippen LogP contribution in [0.3, 0.4) is 0 Å². The number of nitrogens with zero attached hydrogens (tertiary/aromatic N) is 1. The molecule has 1 rings (SSSR count). The van der Waals surface area contributed by atoms with Gasteiger partial charge in [0.15, 0.2) is 0 Å². The van der Waals surface area contributed by atoms with Crippen LogP contribution in [0.5, 0.6) is 0 Å². The van der Waals surface area contributed by atoms with Gasteiger partial charge in [0, 0.05) is 23.0 Å². The van der Waals surface area contributed by atoms with Crippen molar-refractivity contribution in [1.82, 2.24) is 10.2 Å². The molecule has 1 aromatic carbocycles. The fraction of sp³-hybridized carbons (Fsp3) is 0.529. The molecule has 0 fully saturated rings. The Bertz CT molecular complexity index is 538. The van der Waals surface area contributed by atoms with Crippen molar-refractivity contribution in [1.29, 1.82) is 0 Å². The molecule has 0 radical (unpaired) electrons. The first-order chi connectivity index (χ1) is 10.1. The van der Waals surface area contributed by atoms with E-state index in [0.717, 1.165) is 10.0 Å². The topological polar surface area (TPSA) is 49.4 Å². The molecule has 0 saturated carbocycles. The number of benzene rings is 1. The third-order valence-corrected chi connectivity index (χ3v) is 3.70. The number of rotatable bonds is 5. The van der Waals surface area contributed by atoms with Crippen molar-refractivity contribution in [2.75, 3.05) is 0 Å². The van der Waals surface area contributed by atoms with E-state index in [0.29, 0.717) is 13.0 Å². The highest BCUT2D eigenvalue weighted by Gasteiger charge is 2.27. The number of amides is 2. The maximum Gasteiger partial charge on any atom is 0.242 e. The van der Waals surface area contributed by atoms with E-state index in [9.17, 15) is 9.59 Å². The molecule has 5 heteroatoms. The largest absolute Gasteiger partial charge is 0.350 e. The van der Waals surface area contributed by atoms with E-state index in [-0.39, 0.29) is 17.4 Å². The van der Waals surface area contributed by atoms with Gasteiger partial charge in [0.1, 0.15) is 6.04 Å². The maximum absolute atomic E-state index is 12.4. The van der Waals surface area contributed by atoms with Crippen molar-refractivity contribution in [3.63, 3.8) is 0 Å². The molecule has 0 aliphatic carbocycles. The summed E-state index contributed by atoms with van der Waals surface area (Å²) in [4.78, 5) is 26.2. The van der Waals surface area contributed by atoms with Crippen LogP contribution in [0, 0.1) is 0 Å². The molecule has 1 N–H and O–H groups in total. The minimum atomic E-state index is -0.509. The van der Waals surface area contributed by atoms with E-state index >= 15 is 0 Å². The van der Waals surface area contributed by atoms with Crippen molar-refractivity contribution in [3.05, 3.63) is 34.3 Å². The number of hydrogen-bond acceptors (Lipinski definition) is 2. The van der Waals surface area contributed by atoms with Crippen LogP contribution in [-0.4, -0.2) is 28.3 Å². The Kier molecular flexibility index (Phi) is 6.60. The molecule has 0 aliphatic heterocycles. The maximum atomic E-state index is 12.4. The Morgan fingerprint density at radius 1 is 1.32 bits per heavy atom. The van der Waals surface area contributed by atoms with Gasteiger partial charge in [-0.3, -0.25) is 9.59 Å². The van der Waals surface area contributed by atoms with E-state index in [4.69, 9.17) is 0 Å². The summed E-state index contributed by atoms with van der Waals surface area (Å²) in [6.45, 7) is 9.79. The number of halogens is 1. The highest BCUT2D eigenvalue weighted by molar-refractivity contribution is 9.10. The predicted octanol–water partition coefficient (Wildman–Crippen LogP) is 3.49. The Morgan fingerprint density at radius 3 is 2.45 bits per heavy atom. The third-order valence-electron chi connectivity index (χ3n) is 3.21. The molecule has 0 saturated heterocycles. The van der Waals surface area contributed by atoms with E-state index in [1.165, 1.54) is 0 Å². The van der Waals surface area contributed by atoms with Gasteiger partial charge in [-0.05, 0) is 45.4 Å². The van der Waals surface area contributed by atoms with E-state index in [2.05, 4.69) is 21.2 Å². The zero-order valence-electron chi connectivity index (χ0n) is 13.9. The van der Waals surface area contributed by atoms with Crippen LogP contribution in [0.25, 0.3) is 0 Å². The van der Waals surface area contributed by atoms with Crippen molar-refractivity contribution in [2.45, 2.75) is 59.2 Å². The summed E-state index contributed by atoms with van der Waals surface area (Å²) >= 11 is 3.43. The second kappa shape index (κ2) is 7.77. The van der Waals surface area contributed by atoms with Crippen LogP contribution < -0.4 is 5.32 Å². The average Bonchev–Trinajstić information content (AvgIpc) is 2.41. The number of carbonyl (C=O) groups is 2. The van der Waals surface area contributed by atoms with Crippen LogP contribution >= 0.6 is 15.9 Å². The lowest BCUT2D eigenvalue weighted by Crippen LogP contribution is -2.52. The first-order valence-electron chi connectivity index (χ1n) is 7.50. The fourth-order valence-corrected chi connectivity index (χ4v) is 2.54. The van der Waals surface area contributed by atoms with Crippen LogP contribution in [0.4, 0.5) is 0 Å². The lowest BCUT2D eigenvalue weighted by Gasteiger charge is -2.31. The zero-order chi connectivity index (χ0) is 16.9. The van der Waals surface area contributed by atoms with Crippen molar-refractivity contribution < 1.29 is 9.59 Å². The summed E-state index contributed by atoms with van der Waals surface area (Å²) in [5, 5.41) is 2.93. The molecule has 1 aromatic rings. The molecular weight excluding hydrogens is 344 g/mol. The van der Waals surface area contributed by atoms with Gasteiger partial charge in [0.2, 0.25) is 11.8 Å². The van der Waals surface area contributed by atoms with Gasteiger partial charge in [-0.25, -0.2) is 0 Å². The van der Waals surface area contributed by atoms with Gasteiger partial charge in [-0.1, -0.05) is 35.0 Å². The van der Waals surface area contributed by atoms with E-state index < -0.39 is 6.04 Å². The Labute approximate surface area is 141 Å². The summed E-state index contributed by atoms with van der Waals surface area (Å²) in [5.41, 5.74) is 0.675. The summed E-state index contributed by atoms with van der Waals surface area (Å²) in [6, 6.07) is 7.27. The van der Waals surface area contributed by atoms with Crippen molar-refractivity contribution in [2.24, 2.45) is 0 Å². The molecule has 1 atom stereocenters. The average molecular weight is 369 g/mol. The normalized spacial score (nSPS) is 12.6. The number of carbonyl (C=O) groups excluding carboxylic acids is 2. The lowest BCUT2D eigenvalue weighted by molar-refractivity contribution is -0.141. The summed E-state index contributed by atoms with van der Waals surface area (Å²) < 4.78 is 0.959. The summed E-state index contributed by atoms with van der Waals surface area (Å²) in [5.74, 6) is -0.166. The monoisotopic (exact) mass is 368 g/mol. The molecule has 0 bridgehead atoms. The minimum Gasteiger partial charge on any atom is -0.350 e. The highest BCUT2D eigenvalue weighted by Crippen LogP contribution is 2.16. The second-order valence-electron chi connectivity index (χ2n) is 6.42. The molecule has 0 unspecified atom stereocenters. The van der Waals surface area contributed by atoms with Gasteiger partial charge in [0.05, 0.1) is 0 Å². The third kappa shape index (κ3) is 5.79. The standard InChI is InChI=1S/C17H25BrN2O2/c1-6-15(21)20(11-13-8-7-9-14(18)10-13)12(2)16(22)19-17(3,4)5/h7-10,12H,6,11H2,1-5H3,(H,19,22)/t12-/m1/s1. The molecule has 122 valence electrons. The minimum absolute atomic E-state index is 0.0310. The Morgan fingerprint density at radius 2 is 1.95 bits per heavy atom. The van der Waals surface area contributed by atoms with Gasteiger partial charge in [-0.2, -0.15) is 0 Å². The molecule has 0 aromatic heterocycles. The quantitative estimate of drug-likeness (QED) is 0.864. The van der Waals surface area contributed by atoms with Crippen LogP contribution in [-0.2, 0) is 16.1 Å². The first kappa shape index (κ1) is 18.7. The molecule has 22 heavy (non-hydrogen) atoms. The lowest BCUT2D eigenvalue weighted by atomic mass is 10.1. The molecule has 0 heterocycles. The van der Waals surface area contributed by atoms with Crippen LogP contribution in [0.1, 0.15) is 46.6 Å². The van der Waals surface area contributed by atoms with Crippen LogP contribution in [0.15, 0.2) is 28.7 Å². The predicted molar refractivity (Wildman–Crippen MR) is 92.3 cm³/mol. The Hall–Kier alpha value is -1.36. The zero-order valence-corrected chi connectivity index (χ0v) is 15.5. The number of nitrogens with one attached hydrogen (secondary N) is 1. The summed E-state index contributed by atoms with van der Waals surface area (Å²) in [7, 11) is 0. The van der Waals surface area contributed by atoms with Crippen LogP contribution in [0.2, 0.25) is 0 Å². The molecule has 2 amide bonds. The molecule has 0 spiro atoms. The summed E-state index contributed by atoms with van der Waals surface area (Å²) in [6.07, 6.45) is 0.376. The van der Waals surface area contributed by atoms with Crippen molar-refractivity contribution in [3.8, 4) is 0 Å². The molecule has 4 nitrogen and oxygen atoms in total. The second-order valence-corrected chi connectivity index (χ2v) is 7.34. The van der Waals surface area contributed by atoms with E-state index in [1.54, 1.807) is 11.8 Å². The SMILES string of the molecule is CCC(=O)N(Cc1cccc(Br)c1)[C@H](C)C(=O)NC(C)(C)C. The molecule has 0 aliphatic rings. The number of hydrogen-bond donors (Lipinski definition) is 1. The highest BCUT2D eigenvalue weighted by atomic mass is 79.9. The Balaban J connectivity index is 2.93. The van der Waals surface area contributed by atoms with Gasteiger partial charge < -0.3 is 10.2 Å².